The Hall–Kier alpha value is -1.47. The van der Waals surface area contributed by atoms with Gasteiger partial charge < -0.3 is 9.47 Å². The maximum atomic E-state index is 8.69. The lowest BCUT2D eigenvalue weighted by atomic mass is 10.2. The van der Waals surface area contributed by atoms with Crippen LogP contribution in [0.4, 0.5) is 0 Å². The van der Waals surface area contributed by atoms with E-state index in [1.54, 1.807) is 12.1 Å². The highest BCUT2D eigenvalue weighted by molar-refractivity contribution is 9.10. The Kier molecular flexibility index (Phi) is 5.05. The van der Waals surface area contributed by atoms with E-state index in [0.29, 0.717) is 5.56 Å². The van der Waals surface area contributed by atoms with Crippen LogP contribution in [0.5, 0.6) is 5.75 Å². The molecule has 4 heteroatoms. The van der Waals surface area contributed by atoms with E-state index in [0.717, 1.165) is 22.6 Å². The summed E-state index contributed by atoms with van der Waals surface area (Å²) < 4.78 is 10.8. The first-order valence-corrected chi connectivity index (χ1v) is 5.98. The predicted octanol–water partition coefficient (Wildman–Crippen LogP) is 3.64. The molecule has 17 heavy (non-hydrogen) atoms. The molecule has 0 aromatic heterocycles. The fraction of sp³-hybridized carbons (Fsp3) is 0.308. The second-order valence-electron chi connectivity index (χ2n) is 3.78. The van der Waals surface area contributed by atoms with Crippen molar-refractivity contribution in [2.75, 3.05) is 6.61 Å². The maximum absolute atomic E-state index is 8.69. The van der Waals surface area contributed by atoms with Crippen molar-refractivity contribution in [2.45, 2.75) is 20.0 Å². The summed E-state index contributed by atoms with van der Waals surface area (Å²) in [5.74, 6) is 1.64. The van der Waals surface area contributed by atoms with E-state index in [2.05, 4.69) is 33.3 Å². The van der Waals surface area contributed by atoms with E-state index in [4.69, 9.17) is 10.00 Å². The standard InChI is InChI=1S/C10H10BrNO.C3H4O/c1-7(2)13-10-4-8(6-12)3-9(11)5-10;1-3-2-4-3/h3-5,7H,1-2H3;1-2H2. The van der Waals surface area contributed by atoms with E-state index < -0.39 is 0 Å². The summed E-state index contributed by atoms with van der Waals surface area (Å²) in [7, 11) is 0. The lowest BCUT2D eigenvalue weighted by Crippen LogP contribution is -2.05. The average Bonchev–Trinajstić information content (AvgIpc) is 2.99. The molecule has 3 nitrogen and oxygen atoms in total. The molecule has 1 aromatic rings. The van der Waals surface area contributed by atoms with E-state index in [9.17, 15) is 0 Å². The number of epoxide rings is 1. The molecular weight excluding hydrogens is 282 g/mol. The summed E-state index contributed by atoms with van der Waals surface area (Å²) in [6.45, 7) is 8.14. The highest BCUT2D eigenvalue weighted by Gasteiger charge is 2.05. The molecular formula is C13H14BrNO2. The van der Waals surface area contributed by atoms with Crippen molar-refractivity contribution in [2.24, 2.45) is 0 Å². The lowest BCUT2D eigenvalue weighted by Gasteiger charge is -2.09. The van der Waals surface area contributed by atoms with Gasteiger partial charge in [-0.3, -0.25) is 0 Å². The van der Waals surface area contributed by atoms with Gasteiger partial charge in [0.15, 0.2) is 0 Å². The quantitative estimate of drug-likeness (QED) is 0.783. The fourth-order valence-electron chi connectivity index (χ4n) is 1.02. The normalized spacial score (nSPS) is 12.1. The number of rotatable bonds is 2. The number of nitrogens with zero attached hydrogens (tertiary/aromatic N) is 1. The van der Waals surface area contributed by atoms with E-state index >= 15 is 0 Å². The van der Waals surface area contributed by atoms with Crippen LogP contribution in [0.2, 0.25) is 0 Å². The molecule has 1 aliphatic heterocycles. The van der Waals surface area contributed by atoms with Crippen molar-refractivity contribution in [3.8, 4) is 11.8 Å². The third kappa shape index (κ3) is 5.98. The Bertz CT molecular complexity index is 443. The zero-order valence-corrected chi connectivity index (χ0v) is 11.5. The summed E-state index contributed by atoms with van der Waals surface area (Å²) in [6.07, 6.45) is 0.126. The van der Waals surface area contributed by atoms with Gasteiger partial charge in [0.25, 0.3) is 0 Å². The molecule has 1 saturated heterocycles. The highest BCUT2D eigenvalue weighted by atomic mass is 79.9. The molecule has 0 aliphatic carbocycles. The number of hydrogen-bond donors (Lipinski definition) is 0. The van der Waals surface area contributed by atoms with Crippen LogP contribution in [-0.4, -0.2) is 12.7 Å². The van der Waals surface area contributed by atoms with Crippen molar-refractivity contribution >= 4 is 15.9 Å². The summed E-state index contributed by atoms with van der Waals surface area (Å²) in [6, 6.07) is 7.40. The van der Waals surface area contributed by atoms with E-state index in [-0.39, 0.29) is 6.10 Å². The Morgan fingerprint density at radius 1 is 1.47 bits per heavy atom. The lowest BCUT2D eigenvalue weighted by molar-refractivity contribution is 0.242. The molecule has 90 valence electrons. The van der Waals surface area contributed by atoms with Gasteiger partial charge in [-0.1, -0.05) is 22.5 Å². The molecule has 1 aromatic carbocycles. The smallest absolute Gasteiger partial charge is 0.144 e. The number of benzene rings is 1. The van der Waals surface area contributed by atoms with Crippen molar-refractivity contribution in [1.29, 1.82) is 5.26 Å². The minimum atomic E-state index is 0.126. The first kappa shape index (κ1) is 13.6. The number of halogens is 1. The Morgan fingerprint density at radius 3 is 2.47 bits per heavy atom. The second-order valence-corrected chi connectivity index (χ2v) is 4.70. The molecule has 0 bridgehead atoms. The van der Waals surface area contributed by atoms with Crippen molar-refractivity contribution in [3.63, 3.8) is 0 Å². The molecule has 1 fully saturated rings. The molecule has 0 saturated carbocycles. The van der Waals surface area contributed by atoms with Gasteiger partial charge >= 0.3 is 0 Å². The van der Waals surface area contributed by atoms with E-state index in [1.165, 1.54) is 0 Å². The molecule has 2 rings (SSSR count). The van der Waals surface area contributed by atoms with Gasteiger partial charge in [-0.15, -0.1) is 0 Å². The van der Waals surface area contributed by atoms with Gasteiger partial charge in [0.1, 0.15) is 18.1 Å². The zero-order chi connectivity index (χ0) is 12.8. The Balaban J connectivity index is 0.000000302. The van der Waals surface area contributed by atoms with E-state index in [1.807, 2.05) is 19.9 Å². The summed E-state index contributed by atoms with van der Waals surface area (Å²) >= 11 is 3.31. The highest BCUT2D eigenvalue weighted by Crippen LogP contribution is 2.21. The van der Waals surface area contributed by atoms with Crippen LogP contribution in [0.25, 0.3) is 0 Å². The number of ether oxygens (including phenoxy) is 2. The molecule has 0 unspecified atom stereocenters. The Labute approximate surface area is 110 Å². The second kappa shape index (κ2) is 6.31. The topological polar surface area (TPSA) is 45.5 Å². The molecule has 1 heterocycles. The minimum absolute atomic E-state index is 0.126. The van der Waals surface area contributed by atoms with Gasteiger partial charge in [-0.05, 0) is 32.0 Å². The molecule has 1 aliphatic rings. The third-order valence-corrected chi connectivity index (χ3v) is 2.18. The van der Waals surface area contributed by atoms with Gasteiger partial charge in [0.2, 0.25) is 0 Å². The van der Waals surface area contributed by atoms with Crippen molar-refractivity contribution in [1.82, 2.24) is 0 Å². The van der Waals surface area contributed by atoms with Crippen LogP contribution in [0.1, 0.15) is 19.4 Å². The summed E-state index contributed by atoms with van der Waals surface area (Å²) in [5.41, 5.74) is 0.602. The average molecular weight is 296 g/mol. The Morgan fingerprint density at radius 2 is 2.06 bits per heavy atom. The maximum Gasteiger partial charge on any atom is 0.144 e. The summed E-state index contributed by atoms with van der Waals surface area (Å²) in [4.78, 5) is 0. The van der Waals surface area contributed by atoms with Gasteiger partial charge in [0.05, 0.1) is 17.7 Å². The largest absolute Gasteiger partial charge is 0.491 e. The first-order chi connectivity index (χ1) is 8.01. The molecule has 0 radical (unpaired) electrons. The van der Waals surface area contributed by atoms with Gasteiger partial charge in [-0.25, -0.2) is 0 Å². The SMILES string of the molecule is C=C1CO1.CC(C)Oc1cc(Br)cc(C#N)c1. The molecule has 0 N–H and O–H groups in total. The first-order valence-electron chi connectivity index (χ1n) is 5.19. The van der Waals surface area contributed by atoms with Crippen molar-refractivity contribution in [3.05, 3.63) is 40.6 Å². The fourth-order valence-corrected chi connectivity index (χ4v) is 1.49. The molecule has 0 amide bonds. The zero-order valence-electron chi connectivity index (χ0n) is 9.87. The molecule has 0 atom stereocenters. The van der Waals surface area contributed by atoms with Crippen LogP contribution in [-0.2, 0) is 4.74 Å². The summed E-state index contributed by atoms with van der Waals surface area (Å²) in [5, 5.41) is 8.69. The predicted molar refractivity (Wildman–Crippen MR) is 69.7 cm³/mol. The van der Waals surface area contributed by atoms with Crippen LogP contribution in [0.15, 0.2) is 35.0 Å². The van der Waals surface area contributed by atoms with Crippen molar-refractivity contribution < 1.29 is 9.47 Å². The number of hydrogen-bond acceptors (Lipinski definition) is 3. The van der Waals surface area contributed by atoms with Gasteiger partial charge in [-0.2, -0.15) is 5.26 Å². The third-order valence-electron chi connectivity index (χ3n) is 1.72. The number of nitriles is 1. The van der Waals surface area contributed by atoms with Crippen LogP contribution >= 0.6 is 15.9 Å². The van der Waals surface area contributed by atoms with Gasteiger partial charge in [0, 0.05) is 4.47 Å². The van der Waals surface area contributed by atoms with Crippen LogP contribution in [0.3, 0.4) is 0 Å². The van der Waals surface area contributed by atoms with Crippen LogP contribution < -0.4 is 4.74 Å². The minimum Gasteiger partial charge on any atom is -0.491 e. The van der Waals surface area contributed by atoms with Crippen LogP contribution in [0, 0.1) is 11.3 Å². The monoisotopic (exact) mass is 295 g/mol. The molecule has 0 spiro atoms.